The number of piperidine rings is 1. The molecule has 0 saturated carbocycles. The average molecular weight is 391 g/mol. The number of thiocarbonyl (C=S) groups is 1. The molecular formula is C20H25ClN3OS+. The number of rotatable bonds is 5. The number of ether oxygens (including phenoxy) is 1. The third-order valence-electron chi connectivity index (χ3n) is 4.72. The largest absolute Gasteiger partial charge is 0.497 e. The van der Waals surface area contributed by atoms with E-state index in [2.05, 4.69) is 22.8 Å². The molecule has 6 heteroatoms. The van der Waals surface area contributed by atoms with E-state index in [1.807, 2.05) is 36.4 Å². The molecule has 1 fully saturated rings. The van der Waals surface area contributed by atoms with Crippen molar-refractivity contribution in [3.8, 4) is 5.75 Å². The maximum Gasteiger partial charge on any atom is 0.171 e. The van der Waals surface area contributed by atoms with E-state index < -0.39 is 0 Å². The molecule has 26 heavy (non-hydrogen) atoms. The number of hydrogen-bond acceptors (Lipinski definition) is 2. The van der Waals surface area contributed by atoms with Gasteiger partial charge in [0, 0.05) is 41.2 Å². The van der Waals surface area contributed by atoms with Crippen LogP contribution in [0, 0.1) is 0 Å². The number of benzene rings is 2. The van der Waals surface area contributed by atoms with E-state index in [1.165, 1.54) is 5.56 Å². The van der Waals surface area contributed by atoms with Gasteiger partial charge in [-0.2, -0.15) is 0 Å². The fraction of sp³-hybridized carbons (Fsp3) is 0.350. The molecule has 1 saturated heterocycles. The Hall–Kier alpha value is -1.82. The minimum atomic E-state index is 0.426. The molecule has 0 spiro atoms. The van der Waals surface area contributed by atoms with Gasteiger partial charge < -0.3 is 20.3 Å². The molecule has 0 aromatic heterocycles. The van der Waals surface area contributed by atoms with E-state index in [0.717, 1.165) is 48.9 Å². The average Bonchev–Trinajstić information content (AvgIpc) is 2.65. The van der Waals surface area contributed by atoms with Crippen molar-refractivity contribution in [3.05, 3.63) is 59.1 Å². The van der Waals surface area contributed by atoms with Crippen LogP contribution in [0.15, 0.2) is 48.5 Å². The monoisotopic (exact) mass is 390 g/mol. The summed E-state index contributed by atoms with van der Waals surface area (Å²) in [6, 6.07) is 16.4. The number of methoxy groups -OCH3 is 1. The van der Waals surface area contributed by atoms with Crippen LogP contribution < -0.4 is 20.3 Å². The maximum absolute atomic E-state index is 5.96. The van der Waals surface area contributed by atoms with Crippen molar-refractivity contribution < 1.29 is 9.64 Å². The molecule has 138 valence electrons. The zero-order valence-corrected chi connectivity index (χ0v) is 16.5. The topological polar surface area (TPSA) is 37.7 Å². The molecule has 3 rings (SSSR count). The van der Waals surface area contributed by atoms with Gasteiger partial charge in [0.1, 0.15) is 12.3 Å². The Bertz CT molecular complexity index is 730. The zero-order valence-electron chi connectivity index (χ0n) is 14.9. The van der Waals surface area contributed by atoms with Gasteiger partial charge >= 0.3 is 0 Å². The minimum absolute atomic E-state index is 0.426. The fourth-order valence-corrected chi connectivity index (χ4v) is 3.70. The smallest absolute Gasteiger partial charge is 0.171 e. The van der Waals surface area contributed by atoms with Crippen molar-refractivity contribution in [2.75, 3.05) is 25.5 Å². The van der Waals surface area contributed by atoms with Crippen LogP contribution in [0.5, 0.6) is 5.75 Å². The number of nitrogens with one attached hydrogen (secondary N) is 3. The lowest BCUT2D eigenvalue weighted by Crippen LogP contribution is -3.12. The summed E-state index contributed by atoms with van der Waals surface area (Å²) in [6.45, 7) is 3.33. The van der Waals surface area contributed by atoms with E-state index in [1.54, 1.807) is 12.0 Å². The summed E-state index contributed by atoms with van der Waals surface area (Å²) >= 11 is 11.4. The SMILES string of the molecule is COc1cccc(NC(=S)NC2CC[NH+](Cc3ccc(Cl)cc3)CC2)c1. The summed E-state index contributed by atoms with van der Waals surface area (Å²) in [7, 11) is 1.66. The molecule has 2 aromatic carbocycles. The minimum Gasteiger partial charge on any atom is -0.497 e. The second-order valence-electron chi connectivity index (χ2n) is 6.66. The Kier molecular flexibility index (Phi) is 6.72. The summed E-state index contributed by atoms with van der Waals surface area (Å²) in [5.74, 6) is 0.817. The Morgan fingerprint density at radius 1 is 1.19 bits per heavy atom. The van der Waals surface area contributed by atoms with Crippen LogP contribution in [0.1, 0.15) is 18.4 Å². The van der Waals surface area contributed by atoms with Gasteiger partial charge in [-0.1, -0.05) is 29.8 Å². The number of likely N-dealkylation sites (tertiary alicyclic amines) is 1. The second kappa shape index (κ2) is 9.21. The molecule has 4 nitrogen and oxygen atoms in total. The van der Waals surface area contributed by atoms with E-state index >= 15 is 0 Å². The predicted octanol–water partition coefficient (Wildman–Crippen LogP) is 2.88. The van der Waals surface area contributed by atoms with Gasteiger partial charge in [-0.3, -0.25) is 0 Å². The van der Waals surface area contributed by atoms with Gasteiger partial charge in [-0.05, 0) is 36.5 Å². The standard InChI is InChI=1S/C20H24ClN3OS/c1-25-19-4-2-3-18(13-19)23-20(26)22-17-9-11-24(12-10-17)14-15-5-7-16(21)8-6-15/h2-8,13,17H,9-12,14H2,1H3,(H2,22,23,26)/p+1. The van der Waals surface area contributed by atoms with Gasteiger partial charge in [0.05, 0.1) is 20.2 Å². The van der Waals surface area contributed by atoms with Crippen molar-refractivity contribution in [2.24, 2.45) is 0 Å². The lowest BCUT2D eigenvalue weighted by Gasteiger charge is -2.30. The highest BCUT2D eigenvalue weighted by atomic mass is 35.5. The van der Waals surface area contributed by atoms with Gasteiger partial charge in [-0.25, -0.2) is 0 Å². The van der Waals surface area contributed by atoms with Gasteiger partial charge in [0.2, 0.25) is 0 Å². The Morgan fingerprint density at radius 3 is 2.62 bits per heavy atom. The fourth-order valence-electron chi connectivity index (χ4n) is 3.29. The Balaban J connectivity index is 1.43. The van der Waals surface area contributed by atoms with Crippen molar-refractivity contribution in [1.29, 1.82) is 0 Å². The van der Waals surface area contributed by atoms with Gasteiger partial charge in [0.15, 0.2) is 5.11 Å². The molecule has 3 N–H and O–H groups in total. The van der Waals surface area contributed by atoms with E-state index in [9.17, 15) is 0 Å². The summed E-state index contributed by atoms with van der Waals surface area (Å²) < 4.78 is 5.24. The zero-order chi connectivity index (χ0) is 18.4. The van der Waals surface area contributed by atoms with Crippen molar-refractivity contribution >= 4 is 34.6 Å². The molecule has 0 aliphatic carbocycles. The van der Waals surface area contributed by atoms with Crippen molar-refractivity contribution in [3.63, 3.8) is 0 Å². The van der Waals surface area contributed by atoms with Crippen LogP contribution in [-0.2, 0) is 6.54 Å². The lowest BCUT2D eigenvalue weighted by atomic mass is 10.0. The maximum atomic E-state index is 5.96. The van der Waals surface area contributed by atoms with E-state index in [4.69, 9.17) is 28.6 Å². The van der Waals surface area contributed by atoms with Crippen molar-refractivity contribution in [1.82, 2.24) is 5.32 Å². The third kappa shape index (κ3) is 5.59. The van der Waals surface area contributed by atoms with Crippen LogP contribution >= 0.6 is 23.8 Å². The van der Waals surface area contributed by atoms with Gasteiger partial charge in [-0.15, -0.1) is 0 Å². The summed E-state index contributed by atoms with van der Waals surface area (Å²) in [5, 5.41) is 8.15. The molecule has 0 unspecified atom stereocenters. The highest BCUT2D eigenvalue weighted by Gasteiger charge is 2.22. The normalized spacial score (nSPS) is 19.6. The first-order valence-electron chi connectivity index (χ1n) is 8.92. The molecule has 1 aliphatic heterocycles. The van der Waals surface area contributed by atoms with E-state index in [0.29, 0.717) is 11.2 Å². The first-order chi connectivity index (χ1) is 12.6. The first kappa shape index (κ1) is 19.0. The number of quaternary nitrogens is 1. The van der Waals surface area contributed by atoms with Crippen LogP contribution in [0.3, 0.4) is 0 Å². The first-order valence-corrected chi connectivity index (χ1v) is 9.70. The van der Waals surface area contributed by atoms with Gasteiger partial charge in [0.25, 0.3) is 0 Å². The second-order valence-corrected chi connectivity index (χ2v) is 7.50. The molecule has 2 aromatic rings. The quantitative estimate of drug-likeness (QED) is 0.686. The molecule has 0 amide bonds. The van der Waals surface area contributed by atoms with Crippen LogP contribution in [-0.4, -0.2) is 31.4 Å². The summed E-state index contributed by atoms with van der Waals surface area (Å²) in [5.41, 5.74) is 2.28. The molecule has 0 atom stereocenters. The highest BCUT2D eigenvalue weighted by molar-refractivity contribution is 7.80. The molecule has 0 radical (unpaired) electrons. The van der Waals surface area contributed by atoms with Crippen LogP contribution in [0.4, 0.5) is 5.69 Å². The summed E-state index contributed by atoms with van der Waals surface area (Å²) in [4.78, 5) is 1.61. The Morgan fingerprint density at radius 2 is 1.92 bits per heavy atom. The third-order valence-corrected chi connectivity index (χ3v) is 5.19. The van der Waals surface area contributed by atoms with Crippen molar-refractivity contribution in [2.45, 2.75) is 25.4 Å². The Labute approximate surface area is 165 Å². The van der Waals surface area contributed by atoms with Crippen LogP contribution in [0.2, 0.25) is 5.02 Å². The molecule has 1 heterocycles. The number of hydrogen-bond donors (Lipinski definition) is 3. The number of anilines is 1. The van der Waals surface area contributed by atoms with E-state index in [-0.39, 0.29) is 0 Å². The van der Waals surface area contributed by atoms with Crippen LogP contribution in [0.25, 0.3) is 0 Å². The summed E-state index contributed by atoms with van der Waals surface area (Å²) in [6.07, 6.45) is 2.23. The lowest BCUT2D eigenvalue weighted by molar-refractivity contribution is -0.918. The molecule has 0 bridgehead atoms. The molecule has 1 aliphatic rings. The number of halogens is 1. The predicted molar refractivity (Wildman–Crippen MR) is 111 cm³/mol. The molecular weight excluding hydrogens is 366 g/mol. The highest BCUT2D eigenvalue weighted by Crippen LogP contribution is 2.16.